The van der Waals surface area contributed by atoms with Crippen molar-refractivity contribution < 1.29 is 17.9 Å². The van der Waals surface area contributed by atoms with E-state index in [1.807, 2.05) is 61.5 Å². The molecule has 8 heteroatoms. The lowest BCUT2D eigenvalue weighted by Gasteiger charge is -2.18. The summed E-state index contributed by atoms with van der Waals surface area (Å²) in [6.07, 6.45) is 0. The Labute approximate surface area is 240 Å². The van der Waals surface area contributed by atoms with Crippen molar-refractivity contribution in [2.45, 2.75) is 30.2 Å². The van der Waals surface area contributed by atoms with Crippen LogP contribution in [-0.4, -0.2) is 25.6 Å². The largest absolute Gasteiger partial charge is 0.462 e. The van der Waals surface area contributed by atoms with E-state index in [2.05, 4.69) is 15.9 Å². The van der Waals surface area contributed by atoms with Crippen LogP contribution in [0.3, 0.4) is 0 Å². The average Bonchev–Trinajstić information content (AvgIpc) is 2.95. The van der Waals surface area contributed by atoms with Gasteiger partial charge >= 0.3 is 5.97 Å². The van der Waals surface area contributed by atoms with Crippen molar-refractivity contribution in [2.75, 3.05) is 6.61 Å². The Morgan fingerprint density at radius 2 is 1.57 bits per heavy atom. The van der Waals surface area contributed by atoms with Crippen molar-refractivity contribution >= 4 is 42.6 Å². The van der Waals surface area contributed by atoms with Crippen LogP contribution in [0, 0.1) is 6.92 Å². The van der Waals surface area contributed by atoms with Crippen LogP contribution in [0.15, 0.2) is 116 Å². The van der Waals surface area contributed by atoms with Crippen LogP contribution in [0.2, 0.25) is 0 Å². The number of pyridine rings is 1. The number of benzene rings is 4. The molecule has 0 unspecified atom stereocenters. The second-order valence-corrected chi connectivity index (χ2v) is 12.2. The number of ether oxygens (including phenoxy) is 1. The molecule has 6 nitrogen and oxygen atoms in total. The monoisotopic (exact) mass is 615 g/mol. The van der Waals surface area contributed by atoms with Crippen LogP contribution in [-0.2, 0) is 21.1 Å². The highest BCUT2D eigenvalue weighted by atomic mass is 79.9. The fourth-order valence-electron chi connectivity index (χ4n) is 4.69. The number of halogens is 1. The van der Waals surface area contributed by atoms with Crippen molar-refractivity contribution in [3.63, 3.8) is 0 Å². The molecule has 5 rings (SSSR count). The molecule has 1 heterocycles. The minimum atomic E-state index is -4.20. The molecular weight excluding hydrogens is 590 g/mol. The van der Waals surface area contributed by atoms with Gasteiger partial charge in [-0.2, -0.15) is 0 Å². The molecule has 0 saturated carbocycles. The van der Waals surface area contributed by atoms with Gasteiger partial charge < -0.3 is 9.30 Å². The van der Waals surface area contributed by atoms with Gasteiger partial charge in [0.25, 0.3) is 5.56 Å². The highest BCUT2D eigenvalue weighted by molar-refractivity contribution is 9.10. The van der Waals surface area contributed by atoms with Gasteiger partial charge in [-0.25, -0.2) is 13.2 Å². The zero-order valence-electron chi connectivity index (χ0n) is 21.9. The second-order valence-electron chi connectivity index (χ2n) is 9.35. The van der Waals surface area contributed by atoms with Crippen molar-refractivity contribution in [1.82, 2.24) is 4.57 Å². The molecular formula is C32H26BrNO5S. The van der Waals surface area contributed by atoms with E-state index in [0.29, 0.717) is 22.0 Å². The van der Waals surface area contributed by atoms with Gasteiger partial charge in [0.05, 0.1) is 29.1 Å². The summed E-state index contributed by atoms with van der Waals surface area (Å²) in [5, 5.41) is 0.453. The van der Waals surface area contributed by atoms with Crippen LogP contribution in [0.5, 0.6) is 0 Å². The summed E-state index contributed by atoms with van der Waals surface area (Å²) in [5.41, 5.74) is 3.04. The second kappa shape index (κ2) is 11.2. The molecule has 0 aliphatic rings. The molecule has 0 radical (unpaired) electrons. The summed E-state index contributed by atoms with van der Waals surface area (Å²) < 4.78 is 35.5. The first-order valence-corrected chi connectivity index (χ1v) is 15.0. The molecule has 0 amide bonds. The number of sulfone groups is 1. The summed E-state index contributed by atoms with van der Waals surface area (Å²) >= 11 is 3.45. The Kier molecular flexibility index (Phi) is 7.74. The number of rotatable bonds is 7. The van der Waals surface area contributed by atoms with Gasteiger partial charge in [-0.05, 0) is 67.4 Å². The van der Waals surface area contributed by atoms with Crippen molar-refractivity contribution in [3.8, 4) is 11.1 Å². The van der Waals surface area contributed by atoms with Gasteiger partial charge in [-0.15, -0.1) is 0 Å². The molecule has 0 aliphatic carbocycles. The first kappa shape index (κ1) is 27.6. The van der Waals surface area contributed by atoms with E-state index in [-0.39, 0.29) is 28.5 Å². The number of aromatic nitrogens is 1. The Hall–Kier alpha value is -4.01. The highest BCUT2D eigenvalue weighted by Crippen LogP contribution is 2.35. The van der Waals surface area contributed by atoms with Crippen LogP contribution in [0.4, 0.5) is 0 Å². The minimum Gasteiger partial charge on any atom is -0.462 e. The van der Waals surface area contributed by atoms with E-state index in [1.54, 1.807) is 31.2 Å². The molecule has 0 N–H and O–H groups in total. The third kappa shape index (κ3) is 5.24. The number of aryl methyl sites for hydroxylation is 1. The fourth-order valence-corrected chi connectivity index (χ4v) is 6.32. The number of carbonyl (C=O) groups is 1. The van der Waals surface area contributed by atoms with Crippen molar-refractivity contribution in [2.24, 2.45) is 0 Å². The summed E-state index contributed by atoms with van der Waals surface area (Å²) in [6.45, 7) is 3.91. The van der Waals surface area contributed by atoms with Crippen LogP contribution in [0.25, 0.3) is 22.0 Å². The zero-order valence-corrected chi connectivity index (χ0v) is 24.3. The van der Waals surface area contributed by atoms with Gasteiger partial charge in [-0.1, -0.05) is 76.1 Å². The number of carbonyl (C=O) groups excluding carboxylic acids is 1. The van der Waals surface area contributed by atoms with Gasteiger partial charge in [0.15, 0.2) is 0 Å². The Bertz CT molecular complexity index is 1880. The zero-order chi connectivity index (χ0) is 28.4. The predicted molar refractivity (Wildman–Crippen MR) is 159 cm³/mol. The van der Waals surface area contributed by atoms with Crippen molar-refractivity contribution in [3.05, 3.63) is 129 Å². The van der Waals surface area contributed by atoms with Gasteiger partial charge in [0.2, 0.25) is 9.84 Å². The summed E-state index contributed by atoms with van der Waals surface area (Å²) in [6, 6.07) is 27.8. The number of esters is 1. The summed E-state index contributed by atoms with van der Waals surface area (Å²) in [5.74, 6) is -0.536. The molecule has 4 aromatic carbocycles. The number of hydrogen-bond acceptors (Lipinski definition) is 5. The number of fused-ring (bicyclic) bond motifs is 1. The maximum Gasteiger partial charge on any atom is 0.338 e. The van der Waals surface area contributed by atoms with E-state index in [4.69, 9.17) is 4.74 Å². The Morgan fingerprint density at radius 1 is 0.900 bits per heavy atom. The van der Waals surface area contributed by atoms with Crippen LogP contribution >= 0.6 is 15.9 Å². The van der Waals surface area contributed by atoms with E-state index < -0.39 is 21.4 Å². The van der Waals surface area contributed by atoms with E-state index in [0.717, 1.165) is 15.6 Å². The quantitative estimate of drug-likeness (QED) is 0.188. The van der Waals surface area contributed by atoms with Gasteiger partial charge in [0, 0.05) is 15.4 Å². The third-order valence-electron chi connectivity index (χ3n) is 6.68. The SMILES string of the molecule is CCOC(=O)c1ccc2c(cc(S(=O)(=O)c3ccc(C)cc3)c(=O)n2Cc2ccccc2)c1-c1ccc(Br)cc1. The molecule has 0 spiro atoms. The maximum absolute atomic E-state index is 14.0. The first-order chi connectivity index (χ1) is 19.2. The van der Waals surface area contributed by atoms with Crippen molar-refractivity contribution in [1.29, 1.82) is 0 Å². The highest BCUT2D eigenvalue weighted by Gasteiger charge is 2.27. The lowest BCUT2D eigenvalue weighted by Crippen LogP contribution is -2.27. The molecule has 0 fully saturated rings. The summed E-state index contributed by atoms with van der Waals surface area (Å²) in [4.78, 5) is 26.7. The third-order valence-corrected chi connectivity index (χ3v) is 8.97. The van der Waals surface area contributed by atoms with Gasteiger partial charge in [0.1, 0.15) is 4.90 Å². The van der Waals surface area contributed by atoms with Gasteiger partial charge in [-0.3, -0.25) is 4.79 Å². The average molecular weight is 617 g/mol. The smallest absolute Gasteiger partial charge is 0.338 e. The van der Waals surface area contributed by atoms with Crippen LogP contribution in [0.1, 0.15) is 28.4 Å². The molecule has 0 bridgehead atoms. The molecule has 0 saturated heterocycles. The molecule has 40 heavy (non-hydrogen) atoms. The van der Waals surface area contributed by atoms with E-state index in [9.17, 15) is 18.0 Å². The van der Waals surface area contributed by atoms with E-state index in [1.165, 1.54) is 22.8 Å². The Morgan fingerprint density at radius 3 is 2.23 bits per heavy atom. The standard InChI is InChI=1S/C32H26BrNO5S/c1-3-39-32(36)26-17-18-28-27(30(26)23-11-13-24(33)14-12-23)19-29(40(37,38)25-15-9-21(2)10-16-25)31(35)34(28)20-22-7-5-4-6-8-22/h4-19H,3,20H2,1-2H3. The Balaban J connectivity index is 1.90. The predicted octanol–water partition coefficient (Wildman–Crippen LogP) is 6.80. The lowest BCUT2D eigenvalue weighted by molar-refractivity contribution is 0.0527. The molecule has 0 atom stereocenters. The first-order valence-electron chi connectivity index (χ1n) is 12.7. The van der Waals surface area contributed by atoms with E-state index >= 15 is 0 Å². The molecule has 5 aromatic rings. The van der Waals surface area contributed by atoms with Crippen LogP contribution < -0.4 is 5.56 Å². The molecule has 1 aromatic heterocycles. The lowest BCUT2D eigenvalue weighted by atomic mass is 9.94. The molecule has 0 aliphatic heterocycles. The minimum absolute atomic E-state index is 0.0209. The number of hydrogen-bond donors (Lipinski definition) is 0. The maximum atomic E-state index is 14.0. The summed E-state index contributed by atoms with van der Waals surface area (Å²) in [7, 11) is -4.20. The molecule has 202 valence electrons. The number of nitrogens with zero attached hydrogens (tertiary/aromatic N) is 1. The fraction of sp³-hybridized carbons (Fsp3) is 0.125. The topological polar surface area (TPSA) is 82.4 Å². The normalized spacial score (nSPS) is 11.5.